The van der Waals surface area contributed by atoms with Crippen LogP contribution >= 0.6 is 0 Å². The van der Waals surface area contributed by atoms with E-state index in [-0.39, 0.29) is 44.7 Å². The van der Waals surface area contributed by atoms with Gasteiger partial charge in [0.25, 0.3) is 20.2 Å². The molecule has 0 heterocycles. The Hall–Kier alpha value is -5.79. The largest absolute Gasteiger partial charge is 0.397 e. The molecule has 28 nitrogen and oxygen atoms in total. The van der Waals surface area contributed by atoms with E-state index in [1.54, 1.807) is 0 Å². The van der Waals surface area contributed by atoms with E-state index in [1.807, 2.05) is 0 Å². The summed E-state index contributed by atoms with van der Waals surface area (Å²) in [5, 5.41) is 28.5. The van der Waals surface area contributed by atoms with Gasteiger partial charge < -0.3 is 16.4 Å². The molecule has 0 saturated heterocycles. The Morgan fingerprint density at radius 2 is 1.02 bits per heavy atom. The zero-order chi connectivity index (χ0) is 48.8. The molecule has 34 heteroatoms. The molecule has 4 rings (SSSR count). The van der Waals surface area contributed by atoms with Gasteiger partial charge in [-0.05, 0) is 66.7 Å². The van der Waals surface area contributed by atoms with Gasteiger partial charge in [0.15, 0.2) is 19.7 Å². The first-order valence-corrected chi connectivity index (χ1v) is 26.0. The Labute approximate surface area is 370 Å². The third-order valence-electron chi connectivity index (χ3n) is 7.82. The summed E-state index contributed by atoms with van der Waals surface area (Å²) in [4.78, 5) is 9.14. The van der Waals surface area contributed by atoms with Crippen LogP contribution in [0.3, 0.4) is 0 Å². The molecule has 352 valence electrons. The molecule has 0 aromatic heterocycles. The van der Waals surface area contributed by atoms with Gasteiger partial charge in [-0.3, -0.25) is 23.0 Å². The maximum absolute atomic E-state index is 12.7. The molecule has 0 spiro atoms. The van der Waals surface area contributed by atoms with Gasteiger partial charge in [0.05, 0.1) is 57.3 Å². The summed E-state index contributed by atoms with van der Waals surface area (Å²) in [6, 6.07) is 10.7. The molecule has 0 saturated carbocycles. The van der Waals surface area contributed by atoms with Gasteiger partial charge in [-0.1, -0.05) is 0 Å². The number of azo groups is 3. The first kappa shape index (κ1) is 51.8. The molecule has 65 heavy (non-hydrogen) atoms. The van der Waals surface area contributed by atoms with Crippen LogP contribution in [0.5, 0.6) is 0 Å². The number of carbonyl (C=O) groups excluding carboxylic acids is 1. The highest BCUT2D eigenvalue weighted by molar-refractivity contribution is 7.92. The zero-order valence-corrected chi connectivity index (χ0v) is 37.7. The molecule has 0 fully saturated rings. The highest BCUT2D eigenvalue weighted by atomic mass is 32.3. The van der Waals surface area contributed by atoms with Crippen LogP contribution < -0.4 is 16.4 Å². The van der Waals surface area contributed by atoms with Crippen molar-refractivity contribution >= 4 is 118 Å². The summed E-state index contributed by atoms with van der Waals surface area (Å²) in [7, 11) is -27.4. The fraction of sp³-hybridized carbons (Fsp3) is 0.194. The van der Waals surface area contributed by atoms with Crippen molar-refractivity contribution in [1.29, 1.82) is 0 Å². The highest BCUT2D eigenvalue weighted by Gasteiger charge is 2.24. The minimum Gasteiger partial charge on any atom is -0.397 e. The number of hydrogen-bond acceptors (Lipinski definition) is 23. The van der Waals surface area contributed by atoms with E-state index in [0.717, 1.165) is 49.4 Å². The van der Waals surface area contributed by atoms with E-state index in [9.17, 15) is 64.4 Å². The molecular weight excluding hydrogens is 995 g/mol. The van der Waals surface area contributed by atoms with Crippen molar-refractivity contribution < 1.29 is 81.9 Å². The Kier molecular flexibility index (Phi) is 16.1. The van der Waals surface area contributed by atoms with Crippen molar-refractivity contribution in [2.24, 2.45) is 30.7 Å². The Balaban J connectivity index is 1.72. The summed E-state index contributed by atoms with van der Waals surface area (Å²) in [5.74, 6) is -2.56. The lowest BCUT2D eigenvalue weighted by molar-refractivity contribution is -0.114. The SMILES string of the molecule is CNc1cc(N)c(/N=N/c2ccc(S(=O)(=O)CCOS(=O)(=O)O)cc2S(=O)(=O)O)cc1/N=N/c1cc(NC(C)=O)c(/N=N/c2ccc(S(=O)(=O)CCOS(=O)(=O)O)cc2)cc1S(=O)(=O)O. The lowest BCUT2D eigenvalue weighted by Crippen LogP contribution is -2.16. The number of nitrogens with two attached hydrogens (primary N) is 1. The molecule has 0 bridgehead atoms. The smallest absolute Gasteiger partial charge is 0.397 e. The standard InChI is InChI=1S/C31H33N9O19S6/c1-18(41)34-26-16-29(31(63(49,50)51)17-28(26)38-35-19-3-5-20(6-4-19)60(42,43)11-9-58-64(52,53)54)40-39-27-15-24(22(32)14-25(27)33-2)37-36-23-8-7-21(13-30(23)62(46,47)48)61(44,45)12-10-59-65(55,56)57/h3-8,13-17,33H,9-12,32H2,1-2H3,(H,34,41)(H,46,47,48)(H,49,50,51)(H,52,53,54)(H,55,56,57)/b37-36+,38-35+,40-39+. The van der Waals surface area contributed by atoms with Crippen LogP contribution in [0.2, 0.25) is 0 Å². The molecule has 0 aliphatic carbocycles. The molecule has 4 aromatic carbocycles. The topological polar surface area (TPSA) is 446 Å². The second kappa shape index (κ2) is 20.2. The second-order valence-corrected chi connectivity index (χ2v) is 21.7. The number of nitrogen functional groups attached to an aromatic ring is 1. The number of anilines is 3. The van der Waals surface area contributed by atoms with Gasteiger partial charge in [0.2, 0.25) is 5.91 Å². The summed E-state index contributed by atoms with van der Waals surface area (Å²) < 4.78 is 188. The quantitative estimate of drug-likeness (QED) is 0.0370. The van der Waals surface area contributed by atoms with E-state index < -0.39 is 117 Å². The van der Waals surface area contributed by atoms with Crippen molar-refractivity contribution in [1.82, 2.24) is 0 Å². The highest BCUT2D eigenvalue weighted by Crippen LogP contribution is 2.41. The van der Waals surface area contributed by atoms with Crippen molar-refractivity contribution in [2.45, 2.75) is 26.5 Å². The number of nitrogens with zero attached hydrogens (tertiary/aromatic N) is 6. The van der Waals surface area contributed by atoms with Gasteiger partial charge in [0.1, 0.15) is 38.2 Å². The number of nitrogens with one attached hydrogen (secondary N) is 2. The van der Waals surface area contributed by atoms with E-state index in [0.29, 0.717) is 6.07 Å². The lowest BCUT2D eigenvalue weighted by Gasteiger charge is -2.11. The molecule has 0 unspecified atom stereocenters. The molecular formula is C31H33N9O19S6. The fourth-order valence-corrected chi connectivity index (χ4v) is 9.28. The minimum absolute atomic E-state index is 0.0128. The van der Waals surface area contributed by atoms with Crippen LogP contribution in [-0.2, 0) is 73.9 Å². The van der Waals surface area contributed by atoms with Crippen LogP contribution in [0.15, 0.2) is 117 Å². The number of amides is 1. The third-order valence-corrected chi connectivity index (χ3v) is 13.9. The van der Waals surface area contributed by atoms with Gasteiger partial charge in [0, 0.05) is 14.0 Å². The first-order valence-electron chi connectivity index (χ1n) is 17.1. The Bertz CT molecular complexity index is 3290. The minimum atomic E-state index is -5.21. The predicted molar refractivity (Wildman–Crippen MR) is 225 cm³/mol. The van der Waals surface area contributed by atoms with Crippen molar-refractivity contribution in [3.63, 3.8) is 0 Å². The van der Waals surface area contributed by atoms with Crippen molar-refractivity contribution in [3.8, 4) is 0 Å². The van der Waals surface area contributed by atoms with E-state index in [2.05, 4.69) is 49.7 Å². The monoisotopic (exact) mass is 1030 g/mol. The van der Waals surface area contributed by atoms with Crippen molar-refractivity contribution in [3.05, 3.63) is 66.7 Å². The lowest BCUT2D eigenvalue weighted by atomic mass is 10.2. The summed E-state index contributed by atoms with van der Waals surface area (Å²) in [6.07, 6.45) is 0. The fourth-order valence-electron chi connectivity index (χ4n) is 4.94. The van der Waals surface area contributed by atoms with E-state index in [1.165, 1.54) is 25.2 Å². The van der Waals surface area contributed by atoms with Crippen LogP contribution in [0.1, 0.15) is 6.92 Å². The Morgan fingerprint density at radius 1 is 0.554 bits per heavy atom. The third kappa shape index (κ3) is 15.1. The van der Waals surface area contributed by atoms with E-state index in [4.69, 9.17) is 14.8 Å². The van der Waals surface area contributed by atoms with Crippen LogP contribution in [0, 0.1) is 0 Å². The zero-order valence-electron chi connectivity index (χ0n) is 32.8. The number of benzene rings is 4. The van der Waals surface area contributed by atoms with Crippen LogP contribution in [0.25, 0.3) is 0 Å². The number of carbonyl (C=O) groups is 1. The summed E-state index contributed by atoms with van der Waals surface area (Å²) in [6.45, 7) is -0.835. The van der Waals surface area contributed by atoms with Gasteiger partial charge in [-0.15, -0.1) is 25.6 Å². The van der Waals surface area contributed by atoms with Crippen LogP contribution in [-0.4, -0.2) is 106 Å². The average Bonchev–Trinajstić information content (AvgIpc) is 3.17. The number of sulfone groups is 2. The van der Waals surface area contributed by atoms with Crippen LogP contribution in [0.4, 0.5) is 51.2 Å². The van der Waals surface area contributed by atoms with Gasteiger partial charge in [-0.25, -0.2) is 25.2 Å². The Morgan fingerprint density at radius 3 is 1.54 bits per heavy atom. The molecule has 4 aromatic rings. The van der Waals surface area contributed by atoms with Crippen molar-refractivity contribution in [2.75, 3.05) is 48.1 Å². The molecule has 0 aliphatic heterocycles. The average molecular weight is 1030 g/mol. The first-order chi connectivity index (χ1) is 29.9. The van der Waals surface area contributed by atoms with Gasteiger partial charge in [-0.2, -0.15) is 38.8 Å². The predicted octanol–water partition coefficient (Wildman–Crippen LogP) is 4.19. The normalized spacial score (nSPS) is 13.2. The molecule has 8 N–H and O–H groups in total. The summed E-state index contributed by atoms with van der Waals surface area (Å²) >= 11 is 0. The number of hydrogen-bond donors (Lipinski definition) is 7. The van der Waals surface area contributed by atoms with E-state index >= 15 is 0 Å². The maximum Gasteiger partial charge on any atom is 0.397 e. The second-order valence-electron chi connectivity index (χ2n) is 12.5. The molecule has 0 aliphatic rings. The molecule has 0 radical (unpaired) electrons. The number of rotatable bonds is 20. The molecule has 1 amide bonds. The maximum atomic E-state index is 12.7. The summed E-state index contributed by atoms with van der Waals surface area (Å²) in [5.41, 5.74) is 3.89. The molecule has 0 atom stereocenters. The van der Waals surface area contributed by atoms with Gasteiger partial charge >= 0.3 is 20.8 Å².